The Hall–Kier alpha value is -1.56. The Balaban J connectivity index is 1.39. The summed E-state index contributed by atoms with van der Waals surface area (Å²) in [4.78, 5) is 0. The first-order chi connectivity index (χ1) is 11.3. The minimum Gasteiger partial charge on any atom is -0.0622 e. The minimum absolute atomic E-state index is 0.542. The van der Waals surface area contributed by atoms with Gasteiger partial charge in [0.15, 0.2) is 0 Å². The molecule has 0 amide bonds. The summed E-state index contributed by atoms with van der Waals surface area (Å²) in [6.07, 6.45) is 10.1. The van der Waals surface area contributed by atoms with Gasteiger partial charge in [-0.3, -0.25) is 0 Å². The molecule has 0 atom stereocenters. The normalized spacial score (nSPS) is 34.7. The van der Waals surface area contributed by atoms with Gasteiger partial charge in [-0.1, -0.05) is 54.6 Å². The van der Waals surface area contributed by atoms with Crippen molar-refractivity contribution >= 4 is 0 Å². The smallest absolute Gasteiger partial charge is 0.00258 e. The van der Waals surface area contributed by atoms with Crippen molar-refractivity contribution in [3.05, 3.63) is 71.3 Å². The van der Waals surface area contributed by atoms with Gasteiger partial charge in [0, 0.05) is 0 Å². The zero-order valence-corrected chi connectivity index (χ0v) is 13.9. The van der Waals surface area contributed by atoms with E-state index in [1.165, 1.54) is 49.7 Å². The summed E-state index contributed by atoms with van der Waals surface area (Å²) in [6, 6.07) is 20.5. The zero-order chi connectivity index (χ0) is 15.3. The van der Waals surface area contributed by atoms with E-state index >= 15 is 0 Å². The largest absolute Gasteiger partial charge is 0.0622 e. The van der Waals surface area contributed by atoms with Gasteiger partial charge < -0.3 is 0 Å². The molecule has 0 unspecified atom stereocenters. The topological polar surface area (TPSA) is 0 Å². The fraction of sp³-hybridized carbons (Fsp3) is 0.478. The molecule has 4 bridgehead atoms. The second kappa shape index (κ2) is 5.23. The van der Waals surface area contributed by atoms with Crippen molar-refractivity contribution < 1.29 is 0 Å². The van der Waals surface area contributed by atoms with E-state index in [1.54, 1.807) is 5.56 Å². The highest BCUT2D eigenvalue weighted by atomic mass is 14.6. The van der Waals surface area contributed by atoms with E-state index in [4.69, 9.17) is 0 Å². The Bertz CT molecular complexity index is 644. The van der Waals surface area contributed by atoms with Gasteiger partial charge in [0.2, 0.25) is 0 Å². The van der Waals surface area contributed by atoms with Crippen molar-refractivity contribution in [2.24, 2.45) is 17.8 Å². The maximum absolute atomic E-state index is 2.46. The van der Waals surface area contributed by atoms with Crippen LogP contribution in [0.5, 0.6) is 0 Å². The summed E-state index contributed by atoms with van der Waals surface area (Å²) in [5, 5.41) is 0. The Labute approximate surface area is 139 Å². The summed E-state index contributed by atoms with van der Waals surface area (Å²) >= 11 is 0. The van der Waals surface area contributed by atoms with Crippen LogP contribution in [0.1, 0.15) is 55.2 Å². The SMILES string of the molecule is c1ccc(Cc2ccc(C34CC5CC(CC(C5)C3)C4)cc2)cc1. The van der Waals surface area contributed by atoms with E-state index in [0.29, 0.717) is 5.41 Å². The van der Waals surface area contributed by atoms with E-state index in [0.717, 1.165) is 24.2 Å². The zero-order valence-electron chi connectivity index (χ0n) is 13.9. The molecule has 4 aliphatic rings. The van der Waals surface area contributed by atoms with Crippen LogP contribution in [0, 0.1) is 17.8 Å². The van der Waals surface area contributed by atoms with Crippen LogP contribution in [0.4, 0.5) is 0 Å². The van der Waals surface area contributed by atoms with E-state index in [2.05, 4.69) is 54.6 Å². The second-order valence-electron chi connectivity index (χ2n) is 8.56. The molecule has 0 heterocycles. The summed E-state index contributed by atoms with van der Waals surface area (Å²) in [5.41, 5.74) is 5.05. The van der Waals surface area contributed by atoms with Gasteiger partial charge in [-0.2, -0.15) is 0 Å². The fourth-order valence-corrected chi connectivity index (χ4v) is 6.27. The van der Waals surface area contributed by atoms with Crippen LogP contribution in [0.25, 0.3) is 0 Å². The number of rotatable bonds is 3. The predicted molar refractivity (Wildman–Crippen MR) is 95.5 cm³/mol. The average molecular weight is 302 g/mol. The lowest BCUT2D eigenvalue weighted by molar-refractivity contribution is -0.00519. The molecule has 118 valence electrons. The van der Waals surface area contributed by atoms with Gasteiger partial charge in [-0.25, -0.2) is 0 Å². The standard InChI is InChI=1S/C23H26/c1-2-4-17(5-3-1)10-18-6-8-22(9-7-18)23-14-19-11-20(15-23)13-21(12-19)16-23/h1-9,19-21H,10-16H2. The Morgan fingerprint density at radius 1 is 0.652 bits per heavy atom. The molecule has 0 radical (unpaired) electrons. The molecule has 0 saturated heterocycles. The average Bonchev–Trinajstić information content (AvgIpc) is 2.55. The van der Waals surface area contributed by atoms with Crippen molar-refractivity contribution in [3.63, 3.8) is 0 Å². The molecule has 23 heavy (non-hydrogen) atoms. The lowest BCUT2D eigenvalue weighted by atomic mass is 9.48. The van der Waals surface area contributed by atoms with Crippen LogP contribution in [-0.2, 0) is 11.8 Å². The quantitative estimate of drug-likeness (QED) is 0.677. The highest BCUT2D eigenvalue weighted by Crippen LogP contribution is 2.60. The first-order valence-electron chi connectivity index (χ1n) is 9.42. The third-order valence-electron chi connectivity index (χ3n) is 6.86. The lowest BCUT2D eigenvalue weighted by Gasteiger charge is -2.57. The molecule has 4 saturated carbocycles. The van der Waals surface area contributed by atoms with Gasteiger partial charge in [0.1, 0.15) is 0 Å². The fourth-order valence-electron chi connectivity index (χ4n) is 6.27. The Morgan fingerprint density at radius 2 is 1.17 bits per heavy atom. The molecule has 4 fully saturated rings. The first-order valence-corrected chi connectivity index (χ1v) is 9.42. The maximum atomic E-state index is 2.46. The Morgan fingerprint density at radius 3 is 1.74 bits per heavy atom. The third-order valence-corrected chi connectivity index (χ3v) is 6.86. The van der Waals surface area contributed by atoms with Crippen LogP contribution in [-0.4, -0.2) is 0 Å². The monoisotopic (exact) mass is 302 g/mol. The van der Waals surface area contributed by atoms with Gasteiger partial charge in [0.05, 0.1) is 0 Å². The molecular weight excluding hydrogens is 276 g/mol. The number of benzene rings is 2. The molecular formula is C23H26. The predicted octanol–water partition coefficient (Wildman–Crippen LogP) is 5.75. The Kier molecular flexibility index (Phi) is 3.15. The summed E-state index contributed by atoms with van der Waals surface area (Å²) in [7, 11) is 0. The maximum Gasteiger partial charge on any atom is -0.00258 e. The van der Waals surface area contributed by atoms with Crippen molar-refractivity contribution in [2.75, 3.05) is 0 Å². The van der Waals surface area contributed by atoms with Crippen LogP contribution in [0.15, 0.2) is 54.6 Å². The molecule has 0 aromatic heterocycles. The van der Waals surface area contributed by atoms with Crippen LogP contribution >= 0.6 is 0 Å². The molecule has 6 rings (SSSR count). The van der Waals surface area contributed by atoms with E-state index in [-0.39, 0.29) is 0 Å². The van der Waals surface area contributed by atoms with E-state index in [1.807, 2.05) is 0 Å². The summed E-state index contributed by atoms with van der Waals surface area (Å²) < 4.78 is 0. The molecule has 0 aliphatic heterocycles. The lowest BCUT2D eigenvalue weighted by Crippen LogP contribution is -2.48. The van der Waals surface area contributed by atoms with Crippen LogP contribution < -0.4 is 0 Å². The first kappa shape index (κ1) is 13.8. The molecule has 0 heteroatoms. The van der Waals surface area contributed by atoms with Crippen molar-refractivity contribution in [1.82, 2.24) is 0 Å². The molecule has 2 aromatic rings. The molecule has 0 N–H and O–H groups in total. The van der Waals surface area contributed by atoms with Gasteiger partial charge in [-0.15, -0.1) is 0 Å². The highest BCUT2D eigenvalue weighted by Gasteiger charge is 2.51. The number of hydrogen-bond acceptors (Lipinski definition) is 0. The summed E-state index contributed by atoms with van der Waals surface area (Å²) in [5.74, 6) is 3.10. The van der Waals surface area contributed by atoms with Crippen LogP contribution in [0.2, 0.25) is 0 Å². The van der Waals surface area contributed by atoms with Crippen molar-refractivity contribution in [3.8, 4) is 0 Å². The van der Waals surface area contributed by atoms with Crippen LogP contribution in [0.3, 0.4) is 0 Å². The molecule has 0 nitrogen and oxygen atoms in total. The number of hydrogen-bond donors (Lipinski definition) is 0. The minimum atomic E-state index is 0.542. The molecule has 0 spiro atoms. The third kappa shape index (κ3) is 2.43. The van der Waals surface area contributed by atoms with Crippen molar-refractivity contribution in [2.45, 2.75) is 50.4 Å². The second-order valence-corrected chi connectivity index (χ2v) is 8.56. The van der Waals surface area contributed by atoms with Gasteiger partial charge >= 0.3 is 0 Å². The summed E-state index contributed by atoms with van der Waals surface area (Å²) in [6.45, 7) is 0. The molecule has 2 aromatic carbocycles. The highest BCUT2D eigenvalue weighted by molar-refractivity contribution is 5.34. The van der Waals surface area contributed by atoms with E-state index in [9.17, 15) is 0 Å². The van der Waals surface area contributed by atoms with Gasteiger partial charge in [0.25, 0.3) is 0 Å². The van der Waals surface area contributed by atoms with E-state index < -0.39 is 0 Å². The van der Waals surface area contributed by atoms with Crippen molar-refractivity contribution in [1.29, 1.82) is 0 Å². The van der Waals surface area contributed by atoms with Gasteiger partial charge in [-0.05, 0) is 84.8 Å². The molecule has 4 aliphatic carbocycles.